The Morgan fingerprint density at radius 1 is 1.44 bits per heavy atom. The molecule has 100 valence electrons. The third-order valence-corrected chi connectivity index (χ3v) is 4.18. The first-order chi connectivity index (χ1) is 8.52. The Balaban J connectivity index is 2.92. The van der Waals surface area contributed by atoms with Gasteiger partial charge in [0.1, 0.15) is 5.75 Å². The van der Waals surface area contributed by atoms with Crippen LogP contribution in [0.25, 0.3) is 0 Å². The van der Waals surface area contributed by atoms with Crippen LogP contribution >= 0.6 is 15.9 Å². The molecule has 2 unspecified atom stereocenters. The number of hydrogen-bond donors (Lipinski definition) is 0. The molecule has 3 nitrogen and oxygen atoms in total. The first-order valence-electron chi connectivity index (χ1n) is 6.06. The van der Waals surface area contributed by atoms with Gasteiger partial charge in [-0.25, -0.2) is 0 Å². The summed E-state index contributed by atoms with van der Waals surface area (Å²) in [6.45, 7) is 3.99. The lowest BCUT2D eigenvalue weighted by Crippen LogP contribution is -2.35. The van der Waals surface area contributed by atoms with Crippen molar-refractivity contribution in [2.24, 2.45) is 0 Å². The predicted molar refractivity (Wildman–Crippen MR) is 77.2 cm³/mol. The molecule has 0 aliphatic carbocycles. The molecule has 1 aromatic rings. The molecule has 1 rings (SSSR count). The Morgan fingerprint density at radius 3 is 2.61 bits per heavy atom. The summed E-state index contributed by atoms with van der Waals surface area (Å²) in [7, 11) is 3.47. The van der Waals surface area contributed by atoms with Gasteiger partial charge in [0.2, 0.25) is 5.91 Å². The molecule has 0 saturated carbocycles. The second kappa shape index (κ2) is 6.78. The molecular weight excluding hydrogens is 294 g/mol. The van der Waals surface area contributed by atoms with Gasteiger partial charge < -0.3 is 9.64 Å². The molecular formula is C14H20BrNO2. The molecule has 1 aromatic carbocycles. The Bertz CT molecular complexity index is 409. The lowest BCUT2D eigenvalue weighted by molar-refractivity contribution is -0.131. The minimum atomic E-state index is -0.125. The van der Waals surface area contributed by atoms with Crippen molar-refractivity contribution in [2.75, 3.05) is 14.2 Å². The van der Waals surface area contributed by atoms with E-state index < -0.39 is 0 Å². The number of hydrogen-bond acceptors (Lipinski definition) is 2. The molecule has 0 heterocycles. The number of carbonyl (C=O) groups excluding carboxylic acids is 1. The molecule has 0 bridgehead atoms. The molecule has 0 saturated heterocycles. The molecule has 1 amide bonds. The second-order valence-corrected chi connectivity index (χ2v) is 5.35. The van der Waals surface area contributed by atoms with Crippen LogP contribution in [0.15, 0.2) is 24.3 Å². The maximum Gasteiger partial charge on any atom is 0.236 e. The monoisotopic (exact) mass is 313 g/mol. The van der Waals surface area contributed by atoms with E-state index in [0.29, 0.717) is 0 Å². The molecule has 18 heavy (non-hydrogen) atoms. The minimum absolute atomic E-state index is 0.0137. The van der Waals surface area contributed by atoms with Crippen LogP contribution in [0.2, 0.25) is 0 Å². The average Bonchev–Trinajstić information content (AvgIpc) is 2.43. The highest BCUT2D eigenvalue weighted by Crippen LogP contribution is 2.29. The molecule has 4 heteroatoms. The highest BCUT2D eigenvalue weighted by Gasteiger charge is 2.24. The number of carbonyl (C=O) groups is 1. The van der Waals surface area contributed by atoms with E-state index in [1.807, 2.05) is 45.2 Å². The summed E-state index contributed by atoms with van der Waals surface area (Å²) < 4.78 is 5.33. The maximum absolute atomic E-state index is 12.1. The number of rotatable bonds is 5. The summed E-state index contributed by atoms with van der Waals surface area (Å²) in [4.78, 5) is 13.8. The Kier molecular flexibility index (Phi) is 5.66. The van der Waals surface area contributed by atoms with Gasteiger partial charge in [0.15, 0.2) is 0 Å². The quantitative estimate of drug-likeness (QED) is 0.780. The van der Waals surface area contributed by atoms with Crippen molar-refractivity contribution >= 4 is 21.8 Å². The van der Waals surface area contributed by atoms with Crippen molar-refractivity contribution in [1.82, 2.24) is 4.90 Å². The van der Waals surface area contributed by atoms with Gasteiger partial charge in [0.05, 0.1) is 18.0 Å². The lowest BCUT2D eigenvalue weighted by Gasteiger charge is -2.28. The van der Waals surface area contributed by atoms with E-state index in [9.17, 15) is 4.79 Å². The summed E-state index contributed by atoms with van der Waals surface area (Å²) in [5.41, 5.74) is 1.02. The van der Waals surface area contributed by atoms with E-state index in [-0.39, 0.29) is 16.8 Å². The van der Waals surface area contributed by atoms with Gasteiger partial charge in [-0.2, -0.15) is 0 Å². The number of ether oxygens (including phenoxy) is 1. The normalized spacial score (nSPS) is 13.8. The Labute approximate surface area is 117 Å². The summed E-state index contributed by atoms with van der Waals surface area (Å²) in [5, 5.41) is 0. The zero-order valence-corrected chi connectivity index (χ0v) is 12.9. The summed E-state index contributed by atoms with van der Waals surface area (Å²) in [6.07, 6.45) is 0.780. The fourth-order valence-electron chi connectivity index (χ4n) is 1.81. The van der Waals surface area contributed by atoms with Gasteiger partial charge >= 0.3 is 0 Å². The lowest BCUT2D eigenvalue weighted by atomic mass is 10.1. The van der Waals surface area contributed by atoms with Gasteiger partial charge in [-0.05, 0) is 19.4 Å². The smallest absolute Gasteiger partial charge is 0.236 e. The van der Waals surface area contributed by atoms with Crippen LogP contribution in [0.4, 0.5) is 0 Å². The fourth-order valence-corrected chi connectivity index (χ4v) is 2.13. The number of para-hydroxylation sites is 1. The van der Waals surface area contributed by atoms with Crippen molar-refractivity contribution < 1.29 is 9.53 Å². The number of nitrogens with zero attached hydrogens (tertiary/aromatic N) is 1. The number of benzene rings is 1. The molecule has 0 aliphatic rings. The number of alkyl halides is 1. The second-order valence-electron chi connectivity index (χ2n) is 4.24. The van der Waals surface area contributed by atoms with Crippen LogP contribution < -0.4 is 4.74 Å². The van der Waals surface area contributed by atoms with E-state index in [1.165, 1.54) is 0 Å². The number of methoxy groups -OCH3 is 1. The SMILES string of the molecule is CCC(Br)C(=O)N(C)C(C)c1ccccc1OC. The Morgan fingerprint density at radius 2 is 2.06 bits per heavy atom. The number of amides is 1. The standard InChI is InChI=1S/C14H20BrNO2/c1-5-12(15)14(17)16(3)10(2)11-8-6-7-9-13(11)18-4/h6-10,12H,5H2,1-4H3. The van der Waals surface area contributed by atoms with Crippen LogP contribution in [-0.2, 0) is 4.79 Å². The molecule has 0 N–H and O–H groups in total. The summed E-state index contributed by atoms with van der Waals surface area (Å²) in [5.74, 6) is 0.906. The van der Waals surface area contributed by atoms with Crippen LogP contribution in [0.3, 0.4) is 0 Å². The molecule has 0 aromatic heterocycles. The van der Waals surface area contributed by atoms with Crippen molar-refractivity contribution in [2.45, 2.75) is 31.1 Å². The van der Waals surface area contributed by atoms with Gasteiger partial charge in [0, 0.05) is 12.6 Å². The van der Waals surface area contributed by atoms with Gasteiger partial charge in [0.25, 0.3) is 0 Å². The third kappa shape index (κ3) is 3.25. The van der Waals surface area contributed by atoms with E-state index in [1.54, 1.807) is 12.0 Å². The molecule has 0 radical (unpaired) electrons. The third-order valence-electron chi connectivity index (χ3n) is 3.14. The van der Waals surface area contributed by atoms with Gasteiger partial charge in [-0.3, -0.25) is 4.79 Å². The Hall–Kier alpha value is -1.03. The van der Waals surface area contributed by atoms with E-state index in [4.69, 9.17) is 4.74 Å². The first kappa shape index (κ1) is 15.0. The van der Waals surface area contributed by atoms with Crippen LogP contribution in [0, 0.1) is 0 Å². The molecule has 0 aliphatic heterocycles. The van der Waals surface area contributed by atoms with E-state index in [2.05, 4.69) is 15.9 Å². The number of halogens is 1. The van der Waals surface area contributed by atoms with E-state index in [0.717, 1.165) is 17.7 Å². The van der Waals surface area contributed by atoms with Gasteiger partial charge in [-0.15, -0.1) is 0 Å². The minimum Gasteiger partial charge on any atom is -0.496 e. The molecule has 2 atom stereocenters. The van der Waals surface area contributed by atoms with Crippen molar-refractivity contribution in [3.63, 3.8) is 0 Å². The fraction of sp³-hybridized carbons (Fsp3) is 0.500. The topological polar surface area (TPSA) is 29.5 Å². The highest BCUT2D eigenvalue weighted by molar-refractivity contribution is 9.10. The van der Waals surface area contributed by atoms with Crippen LogP contribution in [0.5, 0.6) is 5.75 Å². The first-order valence-corrected chi connectivity index (χ1v) is 6.98. The predicted octanol–water partition coefficient (Wildman–Crippen LogP) is 3.39. The van der Waals surface area contributed by atoms with Gasteiger partial charge in [-0.1, -0.05) is 41.1 Å². The maximum atomic E-state index is 12.1. The summed E-state index contributed by atoms with van der Waals surface area (Å²) in [6, 6.07) is 7.77. The zero-order chi connectivity index (χ0) is 13.7. The largest absolute Gasteiger partial charge is 0.496 e. The van der Waals surface area contributed by atoms with Crippen molar-refractivity contribution in [3.8, 4) is 5.75 Å². The molecule has 0 spiro atoms. The molecule has 0 fully saturated rings. The van der Waals surface area contributed by atoms with Crippen molar-refractivity contribution in [1.29, 1.82) is 0 Å². The van der Waals surface area contributed by atoms with Crippen molar-refractivity contribution in [3.05, 3.63) is 29.8 Å². The van der Waals surface area contributed by atoms with Crippen LogP contribution in [0.1, 0.15) is 31.9 Å². The zero-order valence-electron chi connectivity index (χ0n) is 11.3. The van der Waals surface area contributed by atoms with Crippen LogP contribution in [-0.4, -0.2) is 29.8 Å². The van der Waals surface area contributed by atoms with E-state index >= 15 is 0 Å². The summed E-state index contributed by atoms with van der Waals surface area (Å²) >= 11 is 3.40. The average molecular weight is 314 g/mol. The highest BCUT2D eigenvalue weighted by atomic mass is 79.9.